The van der Waals surface area contributed by atoms with Gasteiger partial charge >= 0.3 is 5.97 Å². The van der Waals surface area contributed by atoms with Crippen LogP contribution in [0.5, 0.6) is 0 Å². The Morgan fingerprint density at radius 1 is 0.762 bits per heavy atom. The first-order valence-electron chi connectivity index (χ1n) is 8.95. The zero-order chi connectivity index (χ0) is 15.6. The Balaban J connectivity index is 2.98. The third-order valence-electron chi connectivity index (χ3n) is 3.85. The molecule has 0 atom stereocenters. The summed E-state index contributed by atoms with van der Waals surface area (Å²) in [5.74, 6) is 2.55. The van der Waals surface area contributed by atoms with Crippen LogP contribution in [0.4, 0.5) is 0 Å². The van der Waals surface area contributed by atoms with E-state index < -0.39 is 0 Å². The van der Waals surface area contributed by atoms with Crippen LogP contribution in [0.2, 0.25) is 0 Å². The number of carbonyl (C=O) groups is 1. The van der Waals surface area contributed by atoms with Crippen molar-refractivity contribution in [1.82, 2.24) is 0 Å². The third-order valence-corrected chi connectivity index (χ3v) is 4.84. The lowest BCUT2D eigenvalue weighted by Gasteiger charge is -2.03. The van der Waals surface area contributed by atoms with Gasteiger partial charge in [0, 0.05) is 6.42 Å². The molecule has 0 aliphatic rings. The third kappa shape index (κ3) is 17.8. The van der Waals surface area contributed by atoms with Crippen molar-refractivity contribution >= 4 is 17.7 Å². The van der Waals surface area contributed by atoms with Crippen molar-refractivity contribution in [2.45, 2.75) is 90.4 Å². The van der Waals surface area contributed by atoms with Gasteiger partial charge in [0.05, 0.1) is 7.11 Å². The molecule has 21 heavy (non-hydrogen) atoms. The summed E-state index contributed by atoms with van der Waals surface area (Å²) >= 11 is 2.07. The predicted octanol–water partition coefficient (Wildman–Crippen LogP) is 5.98. The molecule has 0 saturated heterocycles. The van der Waals surface area contributed by atoms with Crippen LogP contribution in [-0.2, 0) is 9.53 Å². The fraction of sp³-hybridized carbons (Fsp3) is 0.944. The van der Waals surface area contributed by atoms with Gasteiger partial charge in [-0.25, -0.2) is 0 Å². The van der Waals surface area contributed by atoms with Crippen LogP contribution >= 0.6 is 11.8 Å². The first-order chi connectivity index (χ1) is 10.3. The number of thioether (sulfide) groups is 1. The molecule has 0 aromatic heterocycles. The molecule has 0 bridgehead atoms. The molecule has 0 radical (unpaired) electrons. The van der Waals surface area contributed by atoms with Crippen molar-refractivity contribution in [3.05, 3.63) is 0 Å². The maximum atomic E-state index is 10.9. The highest BCUT2D eigenvalue weighted by atomic mass is 32.2. The number of ether oxygens (including phenoxy) is 1. The van der Waals surface area contributed by atoms with Crippen LogP contribution < -0.4 is 0 Å². The van der Waals surface area contributed by atoms with Gasteiger partial charge in [-0.2, -0.15) is 11.8 Å². The van der Waals surface area contributed by atoms with E-state index in [0.717, 1.165) is 6.42 Å². The summed E-state index contributed by atoms with van der Waals surface area (Å²) in [4.78, 5) is 10.9. The topological polar surface area (TPSA) is 26.3 Å². The van der Waals surface area contributed by atoms with Crippen molar-refractivity contribution in [3.63, 3.8) is 0 Å². The van der Waals surface area contributed by atoms with Crippen LogP contribution in [0.25, 0.3) is 0 Å². The maximum Gasteiger partial charge on any atom is 0.305 e. The van der Waals surface area contributed by atoms with Crippen molar-refractivity contribution in [3.8, 4) is 0 Å². The highest BCUT2D eigenvalue weighted by Gasteiger charge is 1.99. The van der Waals surface area contributed by atoms with Gasteiger partial charge in [-0.3, -0.25) is 4.79 Å². The summed E-state index contributed by atoms with van der Waals surface area (Å²) in [5.41, 5.74) is 0. The van der Waals surface area contributed by atoms with Crippen LogP contribution in [0.15, 0.2) is 0 Å². The maximum absolute atomic E-state index is 10.9. The lowest BCUT2D eigenvalue weighted by atomic mass is 10.0. The van der Waals surface area contributed by atoms with Gasteiger partial charge in [0.1, 0.15) is 0 Å². The van der Waals surface area contributed by atoms with Crippen LogP contribution in [0.1, 0.15) is 90.4 Å². The van der Waals surface area contributed by atoms with E-state index in [2.05, 4.69) is 23.4 Å². The molecule has 0 aliphatic heterocycles. The SMILES string of the molecule is CCSCCCCCCCCCCCCCCC(=O)OC. The first kappa shape index (κ1) is 20.8. The molecule has 0 aliphatic carbocycles. The Kier molecular flexibility index (Phi) is 17.7. The fourth-order valence-corrected chi connectivity index (χ4v) is 3.18. The smallest absolute Gasteiger partial charge is 0.305 e. The van der Waals surface area contributed by atoms with E-state index in [-0.39, 0.29) is 5.97 Å². The highest BCUT2D eigenvalue weighted by Crippen LogP contribution is 2.13. The van der Waals surface area contributed by atoms with E-state index in [1.807, 2.05) is 0 Å². The Morgan fingerprint density at radius 2 is 1.19 bits per heavy atom. The summed E-state index contributed by atoms with van der Waals surface area (Å²) < 4.78 is 4.63. The molecule has 0 N–H and O–H groups in total. The molecule has 0 fully saturated rings. The molecule has 126 valence electrons. The summed E-state index contributed by atoms with van der Waals surface area (Å²) in [6.45, 7) is 2.24. The highest BCUT2D eigenvalue weighted by molar-refractivity contribution is 7.99. The molecule has 0 spiro atoms. The number of esters is 1. The summed E-state index contributed by atoms with van der Waals surface area (Å²) in [6.07, 6.45) is 16.6. The molecule has 0 unspecified atom stereocenters. The standard InChI is InChI=1S/C18H36O2S/c1-3-21-17-15-13-11-9-7-5-4-6-8-10-12-14-16-18(19)20-2/h3-17H2,1-2H3. The van der Waals surface area contributed by atoms with E-state index in [1.165, 1.54) is 89.2 Å². The van der Waals surface area contributed by atoms with Gasteiger partial charge in [-0.1, -0.05) is 71.1 Å². The van der Waals surface area contributed by atoms with E-state index in [4.69, 9.17) is 0 Å². The summed E-state index contributed by atoms with van der Waals surface area (Å²) in [7, 11) is 1.46. The van der Waals surface area contributed by atoms with Crippen molar-refractivity contribution in [2.75, 3.05) is 18.6 Å². The molecule has 0 amide bonds. The number of hydrogen-bond donors (Lipinski definition) is 0. The van der Waals surface area contributed by atoms with Gasteiger partial charge < -0.3 is 4.74 Å². The van der Waals surface area contributed by atoms with Gasteiger partial charge in [-0.05, 0) is 24.3 Å². The quantitative estimate of drug-likeness (QED) is 0.259. The molecule has 2 nitrogen and oxygen atoms in total. The molecule has 0 rings (SSSR count). The molecule has 3 heteroatoms. The molecular formula is C18H36O2S. The predicted molar refractivity (Wildman–Crippen MR) is 95.0 cm³/mol. The van der Waals surface area contributed by atoms with E-state index in [9.17, 15) is 4.79 Å². The molecule has 0 heterocycles. The largest absolute Gasteiger partial charge is 0.469 e. The lowest BCUT2D eigenvalue weighted by Crippen LogP contribution is -1.99. The zero-order valence-electron chi connectivity index (χ0n) is 14.3. The number of methoxy groups -OCH3 is 1. The zero-order valence-corrected chi connectivity index (χ0v) is 15.1. The number of carbonyl (C=O) groups excluding carboxylic acids is 1. The minimum atomic E-state index is -0.0664. The summed E-state index contributed by atoms with van der Waals surface area (Å²) in [6, 6.07) is 0. The minimum Gasteiger partial charge on any atom is -0.469 e. The monoisotopic (exact) mass is 316 g/mol. The second-order valence-electron chi connectivity index (χ2n) is 5.77. The van der Waals surface area contributed by atoms with Crippen LogP contribution in [0.3, 0.4) is 0 Å². The molecular weight excluding hydrogens is 280 g/mol. The summed E-state index contributed by atoms with van der Waals surface area (Å²) in [5, 5.41) is 0. The number of rotatable bonds is 16. The van der Waals surface area contributed by atoms with Gasteiger partial charge in [0.2, 0.25) is 0 Å². The minimum absolute atomic E-state index is 0.0664. The molecule has 0 aromatic rings. The van der Waals surface area contributed by atoms with Crippen molar-refractivity contribution in [2.24, 2.45) is 0 Å². The van der Waals surface area contributed by atoms with Crippen molar-refractivity contribution < 1.29 is 9.53 Å². The lowest BCUT2D eigenvalue weighted by molar-refractivity contribution is -0.140. The second-order valence-corrected chi connectivity index (χ2v) is 7.16. The van der Waals surface area contributed by atoms with E-state index in [0.29, 0.717) is 6.42 Å². The average molecular weight is 317 g/mol. The first-order valence-corrected chi connectivity index (χ1v) is 10.1. The normalized spacial score (nSPS) is 10.8. The number of unbranched alkanes of at least 4 members (excludes halogenated alkanes) is 11. The Hall–Kier alpha value is -0.180. The molecule has 0 saturated carbocycles. The van der Waals surface area contributed by atoms with E-state index in [1.54, 1.807) is 0 Å². The van der Waals surface area contributed by atoms with Crippen LogP contribution in [-0.4, -0.2) is 24.6 Å². The van der Waals surface area contributed by atoms with Crippen molar-refractivity contribution in [1.29, 1.82) is 0 Å². The van der Waals surface area contributed by atoms with Gasteiger partial charge in [0.15, 0.2) is 0 Å². The Morgan fingerprint density at radius 3 is 1.62 bits per heavy atom. The second kappa shape index (κ2) is 17.9. The Bertz CT molecular complexity index is 219. The average Bonchev–Trinajstić information content (AvgIpc) is 2.50. The van der Waals surface area contributed by atoms with E-state index >= 15 is 0 Å². The van der Waals surface area contributed by atoms with Gasteiger partial charge in [0.25, 0.3) is 0 Å². The van der Waals surface area contributed by atoms with Crippen LogP contribution in [0, 0.1) is 0 Å². The number of hydrogen-bond acceptors (Lipinski definition) is 3. The Labute approximate surface area is 136 Å². The molecule has 0 aromatic carbocycles. The van der Waals surface area contributed by atoms with Gasteiger partial charge in [-0.15, -0.1) is 0 Å². The fourth-order valence-electron chi connectivity index (χ4n) is 2.49.